The van der Waals surface area contributed by atoms with E-state index in [1.54, 1.807) is 25.3 Å². The topological polar surface area (TPSA) is 104 Å². The molecular weight excluding hydrogens is 236 g/mol. The van der Waals surface area contributed by atoms with Gasteiger partial charge in [0.05, 0.1) is 18.2 Å². The van der Waals surface area contributed by atoms with E-state index in [9.17, 15) is 9.59 Å². The van der Waals surface area contributed by atoms with Gasteiger partial charge in [0, 0.05) is 12.2 Å². The summed E-state index contributed by atoms with van der Waals surface area (Å²) in [5, 5.41) is 21.4. The smallest absolute Gasteiger partial charge is 0.315 e. The van der Waals surface area contributed by atoms with Crippen molar-refractivity contribution >= 4 is 12.0 Å². The minimum absolute atomic E-state index is 0.244. The molecule has 0 spiro atoms. The number of amides is 2. The average molecular weight is 252 g/mol. The standard InChI is InChI=1S/C11H16N4O3/c1-7(10(16)17)8(2)14-11(18)12-6-9-4-3-5-13-15-9/h3-5,7-8H,6H2,1-2H3,(H,16,17)(H2,12,14,18). The molecule has 0 saturated heterocycles. The van der Waals surface area contributed by atoms with Crippen molar-refractivity contribution in [2.24, 2.45) is 5.92 Å². The Bertz CT molecular complexity index is 410. The SMILES string of the molecule is CC(NC(=O)NCc1cccnn1)C(C)C(=O)O. The Kier molecular flexibility index (Phi) is 5.04. The van der Waals surface area contributed by atoms with Gasteiger partial charge in [-0.1, -0.05) is 0 Å². The normalized spacial score (nSPS) is 13.4. The molecule has 7 heteroatoms. The summed E-state index contributed by atoms with van der Waals surface area (Å²) < 4.78 is 0. The van der Waals surface area contributed by atoms with Gasteiger partial charge < -0.3 is 15.7 Å². The van der Waals surface area contributed by atoms with Crippen LogP contribution in [0.2, 0.25) is 0 Å². The monoisotopic (exact) mass is 252 g/mol. The molecule has 1 rings (SSSR count). The fourth-order valence-electron chi connectivity index (χ4n) is 1.20. The van der Waals surface area contributed by atoms with Crippen LogP contribution in [-0.2, 0) is 11.3 Å². The Labute approximate surface area is 105 Å². The third kappa shape index (κ3) is 4.36. The van der Waals surface area contributed by atoms with E-state index in [4.69, 9.17) is 5.11 Å². The summed E-state index contributed by atoms with van der Waals surface area (Å²) in [5.74, 6) is -1.59. The van der Waals surface area contributed by atoms with Crippen LogP contribution in [-0.4, -0.2) is 33.3 Å². The first-order chi connectivity index (χ1) is 8.50. The molecule has 0 aliphatic rings. The lowest BCUT2D eigenvalue weighted by atomic mass is 10.0. The number of aliphatic carboxylic acids is 1. The van der Waals surface area contributed by atoms with Gasteiger partial charge >= 0.3 is 12.0 Å². The number of hydrogen-bond acceptors (Lipinski definition) is 4. The van der Waals surface area contributed by atoms with Crippen LogP contribution >= 0.6 is 0 Å². The molecular formula is C11H16N4O3. The lowest BCUT2D eigenvalue weighted by Gasteiger charge is -2.17. The molecule has 7 nitrogen and oxygen atoms in total. The lowest BCUT2D eigenvalue weighted by molar-refractivity contribution is -0.141. The Balaban J connectivity index is 2.36. The molecule has 0 bridgehead atoms. The molecule has 0 aliphatic heterocycles. The number of hydrogen-bond donors (Lipinski definition) is 3. The minimum Gasteiger partial charge on any atom is -0.481 e. The van der Waals surface area contributed by atoms with Crippen LogP contribution in [0.1, 0.15) is 19.5 Å². The Morgan fingerprint density at radius 2 is 2.17 bits per heavy atom. The van der Waals surface area contributed by atoms with Crippen LogP contribution in [0.4, 0.5) is 4.79 Å². The van der Waals surface area contributed by atoms with Gasteiger partial charge in [-0.2, -0.15) is 10.2 Å². The molecule has 0 aliphatic carbocycles. The summed E-state index contributed by atoms with van der Waals surface area (Å²) in [6.45, 7) is 3.42. The van der Waals surface area contributed by atoms with Crippen LogP contribution in [0, 0.1) is 5.92 Å². The van der Waals surface area contributed by atoms with Crippen molar-refractivity contribution in [2.75, 3.05) is 0 Å². The van der Waals surface area contributed by atoms with Crippen molar-refractivity contribution < 1.29 is 14.7 Å². The van der Waals surface area contributed by atoms with Gasteiger partial charge in [-0.25, -0.2) is 4.79 Å². The van der Waals surface area contributed by atoms with Crippen LogP contribution in [0.25, 0.3) is 0 Å². The van der Waals surface area contributed by atoms with Crippen LogP contribution < -0.4 is 10.6 Å². The van der Waals surface area contributed by atoms with Gasteiger partial charge in [-0.3, -0.25) is 4.79 Å². The number of carboxylic acids is 1. The van der Waals surface area contributed by atoms with Gasteiger partial charge in [0.15, 0.2) is 0 Å². The minimum atomic E-state index is -0.947. The number of nitrogens with zero attached hydrogens (tertiary/aromatic N) is 2. The van der Waals surface area contributed by atoms with Crippen molar-refractivity contribution in [1.82, 2.24) is 20.8 Å². The molecule has 1 heterocycles. The first-order valence-corrected chi connectivity index (χ1v) is 5.54. The highest BCUT2D eigenvalue weighted by molar-refractivity contribution is 5.76. The van der Waals surface area contributed by atoms with Crippen LogP contribution in [0.15, 0.2) is 18.3 Å². The molecule has 0 fully saturated rings. The zero-order valence-electron chi connectivity index (χ0n) is 10.3. The van der Waals surface area contributed by atoms with Gasteiger partial charge in [0.25, 0.3) is 0 Å². The molecule has 2 unspecified atom stereocenters. The molecule has 1 aromatic rings. The van der Waals surface area contributed by atoms with Crippen molar-refractivity contribution in [3.05, 3.63) is 24.0 Å². The Morgan fingerprint density at radius 3 is 2.72 bits per heavy atom. The molecule has 2 atom stereocenters. The van der Waals surface area contributed by atoms with Crippen molar-refractivity contribution in [3.63, 3.8) is 0 Å². The summed E-state index contributed by atoms with van der Waals surface area (Å²) in [4.78, 5) is 22.2. The number of aromatic nitrogens is 2. The van der Waals surface area contributed by atoms with E-state index in [1.165, 1.54) is 6.92 Å². The van der Waals surface area contributed by atoms with Crippen molar-refractivity contribution in [2.45, 2.75) is 26.4 Å². The highest BCUT2D eigenvalue weighted by Crippen LogP contribution is 2.01. The molecule has 98 valence electrons. The largest absolute Gasteiger partial charge is 0.481 e. The second-order valence-corrected chi connectivity index (χ2v) is 3.96. The number of carbonyl (C=O) groups excluding carboxylic acids is 1. The Hall–Kier alpha value is -2.18. The zero-order valence-corrected chi connectivity index (χ0v) is 10.3. The van der Waals surface area contributed by atoms with E-state index in [2.05, 4.69) is 20.8 Å². The van der Waals surface area contributed by atoms with E-state index in [-0.39, 0.29) is 6.54 Å². The van der Waals surface area contributed by atoms with E-state index in [1.807, 2.05) is 0 Å². The van der Waals surface area contributed by atoms with Crippen LogP contribution in [0.5, 0.6) is 0 Å². The van der Waals surface area contributed by atoms with Gasteiger partial charge in [-0.15, -0.1) is 0 Å². The molecule has 0 aromatic carbocycles. The Morgan fingerprint density at radius 1 is 1.44 bits per heavy atom. The summed E-state index contributed by atoms with van der Waals surface area (Å²) >= 11 is 0. The molecule has 18 heavy (non-hydrogen) atoms. The first kappa shape index (κ1) is 13.9. The third-order valence-electron chi connectivity index (χ3n) is 2.56. The fraction of sp³-hybridized carbons (Fsp3) is 0.455. The zero-order chi connectivity index (χ0) is 13.5. The van der Waals surface area contributed by atoms with Crippen LogP contribution in [0.3, 0.4) is 0 Å². The lowest BCUT2D eigenvalue weighted by Crippen LogP contribution is -2.45. The predicted octanol–water partition coefficient (Wildman–Crippen LogP) is 0.385. The summed E-state index contributed by atoms with van der Waals surface area (Å²) in [5.41, 5.74) is 0.631. The van der Waals surface area contributed by atoms with E-state index < -0.39 is 24.0 Å². The van der Waals surface area contributed by atoms with E-state index in [0.29, 0.717) is 5.69 Å². The summed E-state index contributed by atoms with van der Waals surface area (Å²) in [6, 6.07) is 2.57. The second-order valence-electron chi connectivity index (χ2n) is 3.96. The molecule has 0 saturated carbocycles. The maximum Gasteiger partial charge on any atom is 0.315 e. The predicted molar refractivity (Wildman–Crippen MR) is 63.7 cm³/mol. The van der Waals surface area contributed by atoms with E-state index in [0.717, 1.165) is 0 Å². The molecule has 0 radical (unpaired) electrons. The van der Waals surface area contributed by atoms with Crippen molar-refractivity contribution in [3.8, 4) is 0 Å². The maximum atomic E-state index is 11.5. The van der Waals surface area contributed by atoms with E-state index >= 15 is 0 Å². The quantitative estimate of drug-likeness (QED) is 0.703. The summed E-state index contributed by atoms with van der Waals surface area (Å²) in [6.07, 6.45) is 1.54. The highest BCUT2D eigenvalue weighted by atomic mass is 16.4. The number of rotatable bonds is 5. The van der Waals surface area contributed by atoms with Gasteiger partial charge in [0.2, 0.25) is 0 Å². The first-order valence-electron chi connectivity index (χ1n) is 5.54. The average Bonchev–Trinajstić information content (AvgIpc) is 2.36. The molecule has 1 aromatic heterocycles. The maximum absolute atomic E-state index is 11.5. The number of carboxylic acid groups (broad SMARTS) is 1. The number of carbonyl (C=O) groups is 2. The van der Waals surface area contributed by atoms with Gasteiger partial charge in [0.1, 0.15) is 0 Å². The highest BCUT2D eigenvalue weighted by Gasteiger charge is 2.20. The number of urea groups is 1. The third-order valence-corrected chi connectivity index (χ3v) is 2.56. The van der Waals surface area contributed by atoms with Crippen molar-refractivity contribution in [1.29, 1.82) is 0 Å². The second kappa shape index (κ2) is 6.53. The fourth-order valence-corrected chi connectivity index (χ4v) is 1.20. The number of nitrogens with one attached hydrogen (secondary N) is 2. The van der Waals surface area contributed by atoms with Gasteiger partial charge in [-0.05, 0) is 26.0 Å². The summed E-state index contributed by atoms with van der Waals surface area (Å²) in [7, 11) is 0. The molecule has 2 amide bonds. The molecule has 3 N–H and O–H groups in total.